The predicted octanol–water partition coefficient (Wildman–Crippen LogP) is 2.38. The number of aromatic nitrogens is 2. The van der Waals surface area contributed by atoms with Crippen molar-refractivity contribution in [3.05, 3.63) is 16.3 Å². The van der Waals surface area contributed by atoms with Crippen LogP contribution in [0, 0.1) is 11.8 Å². The number of nitrogens with zero attached hydrogens (tertiary/aromatic N) is 3. The smallest absolute Gasteiger partial charge is 0.308 e. The zero-order valence-electron chi connectivity index (χ0n) is 18.2. The SMILES string of the molecule is COC(=O)C1CCN(c2nc(C[NH+]3CCC(C)CC3)nc3sc4c(c23)CCC4)CC1. The summed E-state index contributed by atoms with van der Waals surface area (Å²) in [4.78, 5) is 28.9. The van der Waals surface area contributed by atoms with Crippen molar-refractivity contribution in [3.63, 3.8) is 0 Å². The number of esters is 1. The van der Waals surface area contributed by atoms with Gasteiger partial charge in [0, 0.05) is 18.0 Å². The minimum Gasteiger partial charge on any atom is -0.469 e. The van der Waals surface area contributed by atoms with E-state index in [0.29, 0.717) is 0 Å². The van der Waals surface area contributed by atoms with E-state index in [2.05, 4.69) is 11.8 Å². The van der Waals surface area contributed by atoms with Crippen molar-refractivity contribution in [1.82, 2.24) is 9.97 Å². The molecule has 3 aliphatic rings. The molecule has 2 aliphatic heterocycles. The Bertz CT molecular complexity index is 927. The number of carbonyl (C=O) groups excluding carboxylic acids is 1. The van der Waals surface area contributed by atoms with E-state index >= 15 is 0 Å². The van der Waals surface area contributed by atoms with Crippen LogP contribution in [0.3, 0.4) is 0 Å². The summed E-state index contributed by atoms with van der Waals surface area (Å²) < 4.78 is 4.98. The number of quaternary nitrogens is 1. The van der Waals surface area contributed by atoms with Crippen molar-refractivity contribution in [2.75, 3.05) is 38.2 Å². The molecule has 7 heteroatoms. The second-order valence-corrected chi connectivity index (χ2v) is 10.5. The highest BCUT2D eigenvalue weighted by Gasteiger charge is 2.30. The van der Waals surface area contributed by atoms with E-state index in [0.717, 1.165) is 56.5 Å². The van der Waals surface area contributed by atoms with Gasteiger partial charge < -0.3 is 14.5 Å². The Kier molecular flexibility index (Phi) is 5.67. The molecule has 0 unspecified atom stereocenters. The lowest BCUT2D eigenvalue weighted by atomic mass is 9.97. The van der Waals surface area contributed by atoms with Gasteiger partial charge in [0.25, 0.3) is 0 Å². The second kappa shape index (κ2) is 8.42. The maximum Gasteiger partial charge on any atom is 0.308 e. The maximum absolute atomic E-state index is 12.0. The molecule has 2 fully saturated rings. The Labute approximate surface area is 182 Å². The lowest BCUT2D eigenvalue weighted by Gasteiger charge is -2.32. The van der Waals surface area contributed by atoms with Gasteiger partial charge in [-0.15, -0.1) is 11.3 Å². The monoisotopic (exact) mass is 429 g/mol. The minimum absolute atomic E-state index is 0.0241. The fourth-order valence-electron chi connectivity index (χ4n) is 5.39. The summed E-state index contributed by atoms with van der Waals surface area (Å²) in [6, 6.07) is 0. The number of rotatable bonds is 4. The Morgan fingerprint density at radius 1 is 1.17 bits per heavy atom. The Balaban J connectivity index is 1.44. The molecule has 0 saturated carbocycles. The molecular weight excluding hydrogens is 396 g/mol. The van der Waals surface area contributed by atoms with Gasteiger partial charge in [-0.2, -0.15) is 0 Å². The zero-order valence-corrected chi connectivity index (χ0v) is 19.0. The van der Waals surface area contributed by atoms with E-state index in [1.807, 2.05) is 11.3 Å². The van der Waals surface area contributed by atoms with E-state index in [-0.39, 0.29) is 11.9 Å². The normalized spacial score (nSPS) is 24.9. The van der Waals surface area contributed by atoms with Gasteiger partial charge in [-0.3, -0.25) is 4.79 Å². The summed E-state index contributed by atoms with van der Waals surface area (Å²) in [5.74, 6) is 2.93. The quantitative estimate of drug-likeness (QED) is 0.757. The average Bonchev–Trinajstić information content (AvgIpc) is 3.35. The second-order valence-electron chi connectivity index (χ2n) is 9.39. The van der Waals surface area contributed by atoms with Gasteiger partial charge in [0.15, 0.2) is 5.82 Å². The summed E-state index contributed by atoms with van der Waals surface area (Å²) in [5, 5.41) is 1.30. The highest BCUT2D eigenvalue weighted by Crippen LogP contribution is 2.41. The molecule has 0 bridgehead atoms. The number of thiophene rings is 1. The number of methoxy groups -OCH3 is 1. The van der Waals surface area contributed by atoms with Gasteiger partial charge in [-0.05, 0) is 56.4 Å². The molecule has 0 amide bonds. The van der Waals surface area contributed by atoms with Crippen molar-refractivity contribution >= 4 is 33.3 Å². The highest BCUT2D eigenvalue weighted by molar-refractivity contribution is 7.19. The van der Waals surface area contributed by atoms with E-state index in [1.165, 1.54) is 66.5 Å². The first-order valence-electron chi connectivity index (χ1n) is 11.6. The van der Waals surface area contributed by atoms with Crippen LogP contribution in [-0.4, -0.2) is 49.2 Å². The predicted molar refractivity (Wildman–Crippen MR) is 119 cm³/mol. The molecule has 0 radical (unpaired) electrons. The third kappa shape index (κ3) is 3.82. The first-order chi connectivity index (χ1) is 14.6. The van der Waals surface area contributed by atoms with Gasteiger partial charge in [-0.25, -0.2) is 9.97 Å². The first-order valence-corrected chi connectivity index (χ1v) is 12.4. The summed E-state index contributed by atoms with van der Waals surface area (Å²) in [6.07, 6.45) is 7.88. The summed E-state index contributed by atoms with van der Waals surface area (Å²) in [6.45, 7) is 7.47. The number of anilines is 1. The van der Waals surface area contributed by atoms with Crippen molar-refractivity contribution in [1.29, 1.82) is 0 Å². The molecule has 0 spiro atoms. The standard InChI is InChI=1S/C23H32N4O2S/c1-15-6-10-26(11-7-15)14-19-24-21(27-12-8-16(9-13-27)23(28)29-2)20-17-4-3-5-18(17)30-22(20)25-19/h15-16H,3-14H2,1-2H3/p+1. The van der Waals surface area contributed by atoms with Crippen LogP contribution in [0.25, 0.3) is 10.2 Å². The average molecular weight is 430 g/mol. The Morgan fingerprint density at radius 3 is 2.67 bits per heavy atom. The molecule has 5 rings (SSSR count). The molecular formula is C23H33N4O2S+. The Morgan fingerprint density at radius 2 is 1.93 bits per heavy atom. The first kappa shape index (κ1) is 20.2. The van der Waals surface area contributed by atoms with Crippen LogP contribution in [0.15, 0.2) is 0 Å². The van der Waals surface area contributed by atoms with E-state index in [1.54, 1.807) is 4.90 Å². The van der Waals surface area contributed by atoms with Crippen molar-refractivity contribution in [3.8, 4) is 0 Å². The molecule has 1 N–H and O–H groups in total. The highest BCUT2D eigenvalue weighted by atomic mass is 32.1. The van der Waals surface area contributed by atoms with Crippen molar-refractivity contribution in [2.24, 2.45) is 11.8 Å². The molecule has 0 aromatic carbocycles. The third-order valence-electron chi connectivity index (χ3n) is 7.31. The molecule has 2 aromatic heterocycles. The molecule has 4 heterocycles. The van der Waals surface area contributed by atoms with Crippen LogP contribution in [-0.2, 0) is 28.9 Å². The van der Waals surface area contributed by atoms with Crippen LogP contribution in [0.4, 0.5) is 5.82 Å². The molecule has 2 aromatic rings. The fraction of sp³-hybridized carbons (Fsp3) is 0.696. The van der Waals surface area contributed by atoms with E-state index in [4.69, 9.17) is 14.7 Å². The van der Waals surface area contributed by atoms with Crippen LogP contribution in [0.2, 0.25) is 0 Å². The summed E-state index contributed by atoms with van der Waals surface area (Å²) in [7, 11) is 1.49. The maximum atomic E-state index is 12.0. The van der Waals surface area contributed by atoms with Crippen molar-refractivity contribution < 1.29 is 14.4 Å². The number of aryl methyl sites for hydroxylation is 2. The summed E-state index contributed by atoms with van der Waals surface area (Å²) in [5.41, 5.74) is 1.49. The number of carbonyl (C=O) groups is 1. The zero-order chi connectivity index (χ0) is 20.7. The van der Waals surface area contributed by atoms with Crippen LogP contribution >= 0.6 is 11.3 Å². The molecule has 2 saturated heterocycles. The number of nitrogens with one attached hydrogen (secondary N) is 1. The number of fused-ring (bicyclic) bond motifs is 3. The van der Waals surface area contributed by atoms with Gasteiger partial charge in [0.1, 0.15) is 17.2 Å². The minimum atomic E-state index is -0.0671. The van der Waals surface area contributed by atoms with Gasteiger partial charge in [0.2, 0.25) is 0 Å². The number of likely N-dealkylation sites (tertiary alicyclic amines) is 1. The molecule has 1 aliphatic carbocycles. The van der Waals surface area contributed by atoms with E-state index in [9.17, 15) is 4.79 Å². The van der Waals surface area contributed by atoms with Crippen LogP contribution in [0.5, 0.6) is 0 Å². The topological polar surface area (TPSA) is 59.8 Å². The number of hydrogen-bond donors (Lipinski definition) is 1. The van der Waals surface area contributed by atoms with Crippen LogP contribution in [0.1, 0.15) is 55.3 Å². The molecule has 0 atom stereocenters. The lowest BCUT2D eigenvalue weighted by Crippen LogP contribution is -3.11. The fourth-order valence-corrected chi connectivity index (χ4v) is 6.67. The molecule has 30 heavy (non-hydrogen) atoms. The van der Waals surface area contributed by atoms with Crippen molar-refractivity contribution in [2.45, 2.75) is 58.4 Å². The van der Waals surface area contributed by atoms with Gasteiger partial charge >= 0.3 is 5.97 Å². The number of piperidine rings is 2. The lowest BCUT2D eigenvalue weighted by molar-refractivity contribution is -0.920. The number of hydrogen-bond acceptors (Lipinski definition) is 6. The van der Waals surface area contributed by atoms with E-state index < -0.39 is 0 Å². The largest absolute Gasteiger partial charge is 0.469 e. The van der Waals surface area contributed by atoms with Gasteiger partial charge in [0.05, 0.1) is 31.5 Å². The van der Waals surface area contributed by atoms with Gasteiger partial charge in [-0.1, -0.05) is 6.92 Å². The molecule has 6 nitrogen and oxygen atoms in total. The number of ether oxygens (including phenoxy) is 1. The molecule has 162 valence electrons. The summed E-state index contributed by atoms with van der Waals surface area (Å²) >= 11 is 1.89. The third-order valence-corrected chi connectivity index (χ3v) is 8.50. The van der Waals surface area contributed by atoms with Crippen LogP contribution < -0.4 is 9.80 Å². The Hall–Kier alpha value is -1.73.